The highest BCUT2D eigenvalue weighted by Crippen LogP contribution is 2.09. The molecule has 2 nitrogen and oxygen atoms in total. The fourth-order valence-electron chi connectivity index (χ4n) is 0.746. The minimum absolute atomic E-state index is 0.267. The van der Waals surface area contributed by atoms with E-state index in [-0.39, 0.29) is 4.90 Å². The van der Waals surface area contributed by atoms with Crippen LogP contribution in [0.15, 0.2) is 29.2 Å². The molecule has 0 radical (unpaired) electrons. The molecule has 0 atom stereocenters. The largest absolute Gasteiger partial charge is 0.319 e. The number of hydrogen-bond acceptors (Lipinski definition) is 2. The quantitative estimate of drug-likeness (QED) is 0.598. The first-order valence-corrected chi connectivity index (χ1v) is 4.80. The maximum atomic E-state index is 10.8. The Balaban J connectivity index is 3.20. The van der Waals surface area contributed by atoms with Gasteiger partial charge in [-0.2, -0.15) is 8.42 Å². The molecule has 0 aliphatic carbocycles. The van der Waals surface area contributed by atoms with Crippen LogP contribution in [0.2, 0.25) is 0 Å². The summed E-state index contributed by atoms with van der Waals surface area (Å²) >= 11 is 0. The van der Waals surface area contributed by atoms with Crippen LogP contribution < -0.4 is 0 Å². The van der Waals surface area contributed by atoms with E-state index >= 15 is 0 Å². The summed E-state index contributed by atoms with van der Waals surface area (Å²) in [4.78, 5) is 0.267. The monoisotopic (exact) mass is 169 g/mol. The van der Waals surface area contributed by atoms with Crippen molar-refractivity contribution in [3.8, 4) is 0 Å². The molecule has 0 fully saturated rings. The zero-order valence-electron chi connectivity index (χ0n) is 6.24. The first-order valence-electron chi connectivity index (χ1n) is 3.15. The molecule has 0 saturated carbocycles. The second-order valence-electron chi connectivity index (χ2n) is 2.43. The Morgan fingerprint density at radius 3 is 2.00 bits per heavy atom. The maximum absolute atomic E-state index is 10.8. The second kappa shape index (κ2) is 2.58. The lowest BCUT2D eigenvalue weighted by Gasteiger charge is -1.92. The number of benzene rings is 1. The molecule has 1 aromatic carbocycles. The second-order valence-corrected chi connectivity index (χ2v) is 4.13. The van der Waals surface area contributed by atoms with Gasteiger partial charge in [-0.3, -0.25) is 0 Å². The molecule has 1 aromatic rings. The van der Waals surface area contributed by atoms with Crippen molar-refractivity contribution in [2.24, 2.45) is 0 Å². The predicted octanol–water partition coefficient (Wildman–Crippen LogP) is 1.56. The van der Waals surface area contributed by atoms with Crippen molar-refractivity contribution < 1.29 is 8.42 Å². The highest BCUT2D eigenvalue weighted by Gasteiger charge is 2.11. The summed E-state index contributed by atoms with van der Waals surface area (Å²) in [7, 11) is -3.27. The third-order valence-electron chi connectivity index (χ3n) is 1.38. The van der Waals surface area contributed by atoms with E-state index in [1.165, 1.54) is 0 Å². The first-order chi connectivity index (χ1) is 5.00. The van der Waals surface area contributed by atoms with E-state index in [4.69, 9.17) is 0 Å². The highest BCUT2D eigenvalue weighted by atomic mass is 32.2. The first kappa shape index (κ1) is 8.14. The van der Waals surface area contributed by atoms with Crippen LogP contribution in [0.3, 0.4) is 0 Å². The van der Waals surface area contributed by atoms with Gasteiger partial charge in [-0.05, 0) is 19.1 Å². The topological polar surface area (TPSA) is 34.1 Å². The van der Waals surface area contributed by atoms with Crippen LogP contribution in [-0.2, 0) is 9.84 Å². The summed E-state index contributed by atoms with van der Waals surface area (Å²) in [6.45, 7) is 1.90. The average Bonchev–Trinajstić information content (AvgIpc) is 1.86. The Hall–Kier alpha value is -0.960. The van der Waals surface area contributed by atoms with Crippen LogP contribution in [0.1, 0.15) is 5.56 Å². The lowest BCUT2D eigenvalue weighted by molar-refractivity contribution is 0.604. The van der Waals surface area contributed by atoms with Gasteiger partial charge < -0.3 is 0 Å². The van der Waals surface area contributed by atoms with Gasteiger partial charge in [0.1, 0.15) is 4.90 Å². The fourth-order valence-corrected chi connectivity index (χ4v) is 1.30. The summed E-state index contributed by atoms with van der Waals surface area (Å²) in [5, 5.41) is 0. The van der Waals surface area contributed by atoms with E-state index in [1.54, 1.807) is 24.3 Å². The van der Waals surface area contributed by atoms with Gasteiger partial charge in [-0.1, -0.05) is 17.7 Å². The highest BCUT2D eigenvalue weighted by molar-refractivity contribution is 7.92. The zero-order valence-corrected chi connectivity index (χ0v) is 7.06. The SMILES string of the molecule is [CH2+]S(=O)(=O)c1ccc(C)cc1. The van der Waals surface area contributed by atoms with E-state index in [0.29, 0.717) is 0 Å². The van der Waals surface area contributed by atoms with Crippen LogP contribution in [0.5, 0.6) is 0 Å². The minimum Gasteiger partial charge on any atom is -0.178 e. The van der Waals surface area contributed by atoms with E-state index in [9.17, 15) is 8.42 Å². The van der Waals surface area contributed by atoms with Crippen LogP contribution in [0.25, 0.3) is 0 Å². The molecule has 0 bridgehead atoms. The molecule has 0 aliphatic rings. The van der Waals surface area contributed by atoms with Crippen molar-refractivity contribution in [1.82, 2.24) is 0 Å². The van der Waals surface area contributed by atoms with E-state index in [0.717, 1.165) is 5.56 Å². The van der Waals surface area contributed by atoms with Crippen molar-refractivity contribution in [2.75, 3.05) is 0 Å². The zero-order chi connectivity index (χ0) is 8.48. The lowest BCUT2D eigenvalue weighted by atomic mass is 10.2. The van der Waals surface area contributed by atoms with Gasteiger partial charge in [-0.15, -0.1) is 0 Å². The molecular formula is C8H9O2S+. The van der Waals surface area contributed by atoms with Gasteiger partial charge >= 0.3 is 9.84 Å². The summed E-state index contributed by atoms with van der Waals surface area (Å²) in [5.41, 5.74) is 1.04. The van der Waals surface area contributed by atoms with Crippen LogP contribution >= 0.6 is 0 Å². The minimum atomic E-state index is -3.27. The molecule has 0 amide bonds. The van der Waals surface area contributed by atoms with Crippen molar-refractivity contribution >= 4 is 9.84 Å². The molecular weight excluding hydrogens is 160 g/mol. The molecule has 0 spiro atoms. The Bertz CT molecular complexity index is 335. The third kappa shape index (κ3) is 1.98. The molecule has 0 N–H and O–H groups in total. The number of sulfone groups is 1. The molecule has 0 aromatic heterocycles. The summed E-state index contributed by atoms with van der Waals surface area (Å²) in [6, 6.07) is 6.60. The molecule has 0 aliphatic heterocycles. The molecule has 11 heavy (non-hydrogen) atoms. The molecule has 3 heteroatoms. The van der Waals surface area contributed by atoms with E-state index in [2.05, 4.69) is 6.26 Å². The molecule has 1 rings (SSSR count). The number of hydrogen-bond donors (Lipinski definition) is 0. The predicted molar refractivity (Wildman–Crippen MR) is 43.7 cm³/mol. The van der Waals surface area contributed by atoms with Crippen molar-refractivity contribution in [3.05, 3.63) is 36.1 Å². The standard InChI is InChI=1S/C8H9O2S/c1-7-3-5-8(6-4-7)11(2,9)10/h3-6H,2H2,1H3/q+1. The van der Waals surface area contributed by atoms with Crippen molar-refractivity contribution in [3.63, 3.8) is 0 Å². The van der Waals surface area contributed by atoms with Gasteiger partial charge in [0.25, 0.3) is 0 Å². The summed E-state index contributed by atoms with van der Waals surface area (Å²) in [5.74, 6) is 0. The third-order valence-corrected chi connectivity index (χ3v) is 2.37. The molecule has 58 valence electrons. The van der Waals surface area contributed by atoms with E-state index < -0.39 is 9.84 Å². The van der Waals surface area contributed by atoms with Crippen molar-refractivity contribution in [2.45, 2.75) is 11.8 Å². The summed E-state index contributed by atoms with van der Waals surface area (Å²) < 4.78 is 21.7. The van der Waals surface area contributed by atoms with Crippen LogP contribution in [0, 0.1) is 13.2 Å². The number of aryl methyl sites for hydroxylation is 1. The lowest BCUT2D eigenvalue weighted by Crippen LogP contribution is -1.93. The Kier molecular flexibility index (Phi) is 1.91. The van der Waals surface area contributed by atoms with Gasteiger partial charge in [0.15, 0.2) is 6.26 Å². The Labute approximate surface area is 66.8 Å². The fraction of sp³-hybridized carbons (Fsp3) is 0.125. The normalized spacial score (nSPS) is 11.4. The van der Waals surface area contributed by atoms with Crippen molar-refractivity contribution in [1.29, 1.82) is 0 Å². The maximum Gasteiger partial charge on any atom is 0.319 e. The van der Waals surface area contributed by atoms with Gasteiger partial charge in [0.2, 0.25) is 0 Å². The van der Waals surface area contributed by atoms with Crippen LogP contribution in [-0.4, -0.2) is 8.42 Å². The average molecular weight is 169 g/mol. The van der Waals surface area contributed by atoms with Gasteiger partial charge in [0.05, 0.1) is 0 Å². The Morgan fingerprint density at radius 1 is 1.18 bits per heavy atom. The smallest absolute Gasteiger partial charge is 0.178 e. The van der Waals surface area contributed by atoms with Gasteiger partial charge in [0, 0.05) is 0 Å². The molecule has 0 unspecified atom stereocenters. The molecule has 0 heterocycles. The van der Waals surface area contributed by atoms with Gasteiger partial charge in [-0.25, -0.2) is 0 Å². The number of rotatable bonds is 1. The molecule has 0 saturated heterocycles. The van der Waals surface area contributed by atoms with Crippen LogP contribution in [0.4, 0.5) is 0 Å². The summed E-state index contributed by atoms with van der Waals surface area (Å²) in [6.07, 6.45) is 3.04. The Morgan fingerprint density at radius 2 is 1.64 bits per heavy atom. The van der Waals surface area contributed by atoms with E-state index in [1.807, 2.05) is 6.92 Å².